The highest BCUT2D eigenvalue weighted by Crippen LogP contribution is 2.38. The second kappa shape index (κ2) is 28.4. The van der Waals surface area contributed by atoms with Crippen LogP contribution in [0.3, 0.4) is 0 Å². The molecule has 2 saturated heterocycles. The van der Waals surface area contributed by atoms with E-state index in [1.54, 1.807) is 58.9 Å². The predicted octanol–water partition coefficient (Wildman–Crippen LogP) is 4.69. The van der Waals surface area contributed by atoms with E-state index in [1.165, 1.54) is 34.3 Å². The number of aliphatic hydroxyl groups excluding tert-OH is 4. The van der Waals surface area contributed by atoms with Crippen LogP contribution in [-0.4, -0.2) is 167 Å². The predicted molar refractivity (Wildman–Crippen MR) is 273 cm³/mol. The molecule has 4 aliphatic rings. The number of esters is 2. The van der Waals surface area contributed by atoms with Gasteiger partial charge in [0.2, 0.25) is 5.79 Å². The van der Waals surface area contributed by atoms with Crippen LogP contribution >= 0.6 is 0 Å². The molecule has 1 amide bonds. The van der Waals surface area contributed by atoms with Gasteiger partial charge >= 0.3 is 11.9 Å². The van der Waals surface area contributed by atoms with Gasteiger partial charge in [0.25, 0.3) is 11.7 Å². The fraction of sp³-hybridized carbons (Fsp3) is 0.750. The Morgan fingerprint density at radius 3 is 2.18 bits per heavy atom. The number of nitrogens with zero attached hydrogens (tertiary/aromatic N) is 1. The molecule has 0 radical (unpaired) electrons. The van der Waals surface area contributed by atoms with Crippen molar-refractivity contribution in [3.05, 3.63) is 47.6 Å². The van der Waals surface area contributed by atoms with Gasteiger partial charge in [0, 0.05) is 64.4 Å². The van der Waals surface area contributed by atoms with E-state index in [2.05, 4.69) is 0 Å². The van der Waals surface area contributed by atoms with Gasteiger partial charge in [0.1, 0.15) is 29.8 Å². The molecule has 16 unspecified atom stereocenters. The fourth-order valence-electron chi connectivity index (χ4n) is 10.7. The first-order valence-electron chi connectivity index (χ1n) is 26.5. The van der Waals surface area contributed by atoms with E-state index in [0.717, 1.165) is 10.5 Å². The Balaban J connectivity index is 1.71. The highest BCUT2D eigenvalue weighted by atomic mass is 16.6. The lowest BCUT2D eigenvalue weighted by atomic mass is 9.78. The number of fused-ring (bicyclic) bond motifs is 3. The van der Waals surface area contributed by atoms with Crippen LogP contribution in [0.15, 0.2) is 47.6 Å². The van der Waals surface area contributed by atoms with Crippen LogP contribution in [0.2, 0.25) is 0 Å². The molecular formula is C56H87NO17. The molecule has 3 fully saturated rings. The van der Waals surface area contributed by atoms with Gasteiger partial charge in [-0.2, -0.15) is 0 Å². The van der Waals surface area contributed by atoms with Crippen LogP contribution in [-0.2, 0) is 57.2 Å². The quantitative estimate of drug-likeness (QED) is 0.147. The summed E-state index contributed by atoms with van der Waals surface area (Å²) in [5.41, 5.74) is -0.475. The molecule has 74 heavy (non-hydrogen) atoms. The summed E-state index contributed by atoms with van der Waals surface area (Å²) in [5.74, 6) is -10.8. The summed E-state index contributed by atoms with van der Waals surface area (Å²) in [5, 5.41) is 54.4. The third-order valence-corrected chi connectivity index (χ3v) is 16.2. The second-order valence-corrected chi connectivity index (χ2v) is 21.9. The summed E-state index contributed by atoms with van der Waals surface area (Å²) in [6.45, 7) is 12.1. The first-order chi connectivity index (χ1) is 34.9. The Kier molecular flexibility index (Phi) is 24.0. The number of methoxy groups -OCH3 is 3. The molecular weight excluding hydrogens is 959 g/mol. The fourth-order valence-corrected chi connectivity index (χ4v) is 10.7. The first kappa shape index (κ1) is 62.6. The van der Waals surface area contributed by atoms with E-state index in [4.69, 9.17) is 28.4 Å². The minimum absolute atomic E-state index is 0.0293. The van der Waals surface area contributed by atoms with Crippen LogP contribution in [0.5, 0.6) is 0 Å². The molecule has 3 aliphatic heterocycles. The lowest BCUT2D eigenvalue weighted by Gasteiger charge is -2.42. The maximum Gasteiger partial charge on any atom is 0.329 e. The molecule has 16 atom stereocenters. The Labute approximate surface area is 437 Å². The number of allylic oxidation sites excluding steroid dienone is 5. The molecule has 18 heteroatoms. The molecule has 3 heterocycles. The number of piperidine rings is 1. The summed E-state index contributed by atoms with van der Waals surface area (Å²) >= 11 is 0. The number of amides is 1. The maximum atomic E-state index is 14.5. The van der Waals surface area contributed by atoms with Gasteiger partial charge < -0.3 is 58.9 Å². The van der Waals surface area contributed by atoms with E-state index < -0.39 is 144 Å². The third kappa shape index (κ3) is 15.6. The molecule has 0 aromatic carbocycles. The van der Waals surface area contributed by atoms with Crippen molar-refractivity contribution in [1.82, 2.24) is 4.90 Å². The van der Waals surface area contributed by atoms with Crippen molar-refractivity contribution in [2.24, 2.45) is 40.9 Å². The lowest BCUT2D eigenvalue weighted by molar-refractivity contribution is -0.265. The summed E-state index contributed by atoms with van der Waals surface area (Å²) in [7, 11) is 4.32. The van der Waals surface area contributed by atoms with Crippen LogP contribution in [0.1, 0.15) is 126 Å². The number of ether oxygens (including phenoxy) is 6. The van der Waals surface area contributed by atoms with E-state index >= 15 is 0 Å². The van der Waals surface area contributed by atoms with Crippen LogP contribution in [0.4, 0.5) is 0 Å². The van der Waals surface area contributed by atoms with Crippen LogP contribution < -0.4 is 0 Å². The molecule has 0 aromatic rings. The molecule has 5 N–H and O–H groups in total. The van der Waals surface area contributed by atoms with Crippen molar-refractivity contribution < 1.29 is 82.7 Å². The Bertz CT molecular complexity index is 2050. The molecule has 4 rings (SSSR count). The van der Waals surface area contributed by atoms with Crippen molar-refractivity contribution >= 4 is 35.2 Å². The second-order valence-electron chi connectivity index (χ2n) is 21.9. The van der Waals surface area contributed by atoms with Gasteiger partial charge in [-0.3, -0.25) is 24.0 Å². The SMILES string of the molecule is COC1CC2CCC(C)C(O)(O2)C(=O)C(=O)N2CCCCC2C(=O)OC(C(C)CC2CCC(OC(=O)C(C)(CO)CO)C(OC)C2)CC(=O)C(C)=CC(C)C(O)C(OC)C(=O)C(C)C(O)C(C)C=CC=CC=C1C. The van der Waals surface area contributed by atoms with Gasteiger partial charge in [0.05, 0.1) is 43.7 Å². The molecule has 18 nitrogen and oxygen atoms in total. The standard InChI is InChI=1S/C56H87NO17/c1-32-17-13-12-14-18-33(2)47(61)38(7)49(63)50(71-11)48(62)36(5)25-34(3)42(60)29-45(35(4)26-39-21-23-43(46(27-39)70-10)73-54(67)55(8,30-58)31-59)72-53(66)41-19-15-16-24-57(41)52(65)51(64)56(68)37(6)20-22-40(74-56)28-44(32)69-9/h12-14,17-18,25,33,35-41,43-48,50,58-59,61-62,68H,15-16,19-24,26-31H2,1-11H3. The Morgan fingerprint density at radius 2 is 1.54 bits per heavy atom. The summed E-state index contributed by atoms with van der Waals surface area (Å²) in [6.07, 6.45) is 6.83. The summed E-state index contributed by atoms with van der Waals surface area (Å²) in [6, 6.07) is -1.22. The number of Topliss-reactive ketones (excluding diaryl/α,β-unsaturated/α-hetero) is 3. The minimum atomic E-state index is -2.49. The molecule has 418 valence electrons. The molecule has 1 aliphatic carbocycles. The number of hydrogen-bond acceptors (Lipinski definition) is 17. The first-order valence-corrected chi connectivity index (χ1v) is 26.5. The van der Waals surface area contributed by atoms with E-state index in [9.17, 15) is 54.3 Å². The highest BCUT2D eigenvalue weighted by molar-refractivity contribution is 6.39. The zero-order chi connectivity index (χ0) is 55.2. The van der Waals surface area contributed by atoms with Crippen molar-refractivity contribution in [3.63, 3.8) is 0 Å². The topological polar surface area (TPSA) is 262 Å². The van der Waals surface area contributed by atoms with Gasteiger partial charge in [0.15, 0.2) is 11.6 Å². The number of cyclic esters (lactones) is 1. The van der Waals surface area contributed by atoms with Gasteiger partial charge in [-0.05, 0) is 102 Å². The smallest absolute Gasteiger partial charge is 0.329 e. The Hall–Kier alpha value is -3.98. The zero-order valence-corrected chi connectivity index (χ0v) is 45.6. The van der Waals surface area contributed by atoms with Gasteiger partial charge in [-0.25, -0.2) is 4.79 Å². The summed E-state index contributed by atoms with van der Waals surface area (Å²) < 4.78 is 35.3. The molecule has 2 bridgehead atoms. The summed E-state index contributed by atoms with van der Waals surface area (Å²) in [4.78, 5) is 85.4. The number of ketones is 3. The average Bonchev–Trinajstić information content (AvgIpc) is 3.39. The normalized spacial score (nSPS) is 35.8. The highest BCUT2D eigenvalue weighted by Gasteiger charge is 2.53. The molecule has 1 saturated carbocycles. The Morgan fingerprint density at radius 1 is 0.851 bits per heavy atom. The number of rotatable bonds is 10. The van der Waals surface area contributed by atoms with Crippen LogP contribution in [0.25, 0.3) is 0 Å². The van der Waals surface area contributed by atoms with E-state index in [0.29, 0.717) is 51.4 Å². The van der Waals surface area contributed by atoms with Gasteiger partial charge in [-0.1, -0.05) is 71.1 Å². The molecule has 0 spiro atoms. The minimum Gasteiger partial charge on any atom is -0.460 e. The van der Waals surface area contributed by atoms with Crippen molar-refractivity contribution in [1.29, 1.82) is 0 Å². The van der Waals surface area contributed by atoms with Gasteiger partial charge in [-0.15, -0.1) is 0 Å². The number of carbonyl (C=O) groups excluding carboxylic acids is 6. The monoisotopic (exact) mass is 1050 g/mol. The number of aliphatic hydroxyl groups is 5. The zero-order valence-electron chi connectivity index (χ0n) is 45.6. The van der Waals surface area contributed by atoms with Crippen molar-refractivity contribution in [3.8, 4) is 0 Å². The number of carbonyl (C=O) groups is 6. The lowest BCUT2D eigenvalue weighted by Crippen LogP contribution is -2.61. The van der Waals surface area contributed by atoms with Crippen LogP contribution in [0, 0.1) is 40.9 Å². The van der Waals surface area contributed by atoms with Crippen molar-refractivity contribution in [2.75, 3.05) is 41.1 Å². The largest absolute Gasteiger partial charge is 0.460 e. The van der Waals surface area contributed by atoms with E-state index in [-0.39, 0.29) is 37.3 Å². The maximum absolute atomic E-state index is 14.5. The van der Waals surface area contributed by atoms with Crippen molar-refractivity contribution in [2.45, 2.75) is 187 Å². The third-order valence-electron chi connectivity index (χ3n) is 16.2. The van der Waals surface area contributed by atoms with E-state index in [1.807, 2.05) is 19.9 Å². The molecule has 0 aromatic heterocycles. The number of hydrogen-bond donors (Lipinski definition) is 5. The average molecular weight is 1050 g/mol.